The SMILES string of the molecule is CCOc1ccccc1OCC(=O)O[C@@H](C)C(N)=O. The van der Waals surface area contributed by atoms with Crippen molar-refractivity contribution in [3.8, 4) is 11.5 Å². The van der Waals surface area contributed by atoms with Gasteiger partial charge in [-0.15, -0.1) is 0 Å². The van der Waals surface area contributed by atoms with E-state index in [0.29, 0.717) is 18.1 Å². The van der Waals surface area contributed by atoms with E-state index in [1.54, 1.807) is 24.3 Å². The molecule has 0 aliphatic rings. The van der Waals surface area contributed by atoms with Gasteiger partial charge in [0.15, 0.2) is 24.2 Å². The Morgan fingerprint density at radius 2 is 1.79 bits per heavy atom. The molecule has 1 aromatic carbocycles. The van der Waals surface area contributed by atoms with Crippen LogP contribution < -0.4 is 15.2 Å². The highest BCUT2D eigenvalue weighted by Gasteiger charge is 2.15. The average molecular weight is 267 g/mol. The Labute approximate surface area is 111 Å². The van der Waals surface area contributed by atoms with Crippen molar-refractivity contribution in [2.24, 2.45) is 5.73 Å². The molecule has 0 aliphatic heterocycles. The minimum absolute atomic E-state index is 0.318. The van der Waals surface area contributed by atoms with Crippen molar-refractivity contribution in [2.45, 2.75) is 20.0 Å². The molecule has 0 spiro atoms. The van der Waals surface area contributed by atoms with Gasteiger partial charge in [-0.1, -0.05) is 12.1 Å². The van der Waals surface area contributed by atoms with Crippen molar-refractivity contribution in [3.63, 3.8) is 0 Å². The molecule has 6 nitrogen and oxygen atoms in total. The van der Waals surface area contributed by atoms with Crippen LogP contribution in [0.3, 0.4) is 0 Å². The van der Waals surface area contributed by atoms with E-state index in [2.05, 4.69) is 0 Å². The van der Waals surface area contributed by atoms with Crippen LogP contribution in [-0.4, -0.2) is 31.2 Å². The Bertz CT molecular complexity index is 446. The maximum atomic E-state index is 11.4. The molecule has 0 unspecified atom stereocenters. The number of carbonyl (C=O) groups is 2. The summed E-state index contributed by atoms with van der Waals surface area (Å²) in [6.45, 7) is 3.42. The first kappa shape index (κ1) is 14.8. The molecule has 104 valence electrons. The molecule has 2 N–H and O–H groups in total. The van der Waals surface area contributed by atoms with Crippen molar-refractivity contribution >= 4 is 11.9 Å². The van der Waals surface area contributed by atoms with Crippen molar-refractivity contribution in [1.82, 2.24) is 0 Å². The molecule has 0 heterocycles. The number of nitrogens with two attached hydrogens (primary N) is 1. The average Bonchev–Trinajstić information content (AvgIpc) is 2.38. The summed E-state index contributed by atoms with van der Waals surface area (Å²) in [4.78, 5) is 22.1. The normalized spacial score (nSPS) is 11.5. The molecule has 0 saturated heterocycles. The number of esters is 1. The zero-order valence-electron chi connectivity index (χ0n) is 10.9. The minimum Gasteiger partial charge on any atom is -0.490 e. The number of hydrogen-bond donors (Lipinski definition) is 1. The summed E-state index contributed by atoms with van der Waals surface area (Å²) >= 11 is 0. The first-order chi connectivity index (χ1) is 9.04. The van der Waals surface area contributed by atoms with Crippen LogP contribution in [0, 0.1) is 0 Å². The highest BCUT2D eigenvalue weighted by molar-refractivity contribution is 5.82. The number of benzene rings is 1. The van der Waals surface area contributed by atoms with Gasteiger partial charge in [-0.2, -0.15) is 0 Å². The monoisotopic (exact) mass is 267 g/mol. The maximum Gasteiger partial charge on any atom is 0.344 e. The van der Waals surface area contributed by atoms with Gasteiger partial charge < -0.3 is 19.9 Å². The Balaban J connectivity index is 2.52. The number of hydrogen-bond acceptors (Lipinski definition) is 5. The van der Waals surface area contributed by atoms with Crippen LogP contribution in [-0.2, 0) is 14.3 Å². The molecule has 0 aliphatic carbocycles. The number of ether oxygens (including phenoxy) is 3. The lowest BCUT2D eigenvalue weighted by molar-refractivity contribution is -0.155. The van der Waals surface area contributed by atoms with E-state index >= 15 is 0 Å². The van der Waals surface area contributed by atoms with Gasteiger partial charge in [0.1, 0.15) is 0 Å². The molecule has 0 bridgehead atoms. The zero-order chi connectivity index (χ0) is 14.3. The third-order valence-electron chi connectivity index (χ3n) is 2.20. The fourth-order valence-electron chi connectivity index (χ4n) is 1.27. The van der Waals surface area contributed by atoms with Gasteiger partial charge in [0.25, 0.3) is 5.91 Å². The second-order valence-electron chi connectivity index (χ2n) is 3.70. The standard InChI is InChI=1S/C13H17NO5/c1-3-17-10-6-4-5-7-11(10)18-8-12(15)19-9(2)13(14)16/h4-7,9H,3,8H2,1-2H3,(H2,14,16)/t9-/m0/s1. The summed E-state index contributed by atoms with van der Waals surface area (Å²) in [5.41, 5.74) is 4.98. The van der Waals surface area contributed by atoms with Gasteiger partial charge in [-0.05, 0) is 26.0 Å². The minimum atomic E-state index is -0.974. The second kappa shape index (κ2) is 7.25. The molecule has 6 heteroatoms. The van der Waals surface area contributed by atoms with E-state index in [0.717, 1.165) is 0 Å². The van der Waals surface area contributed by atoms with E-state index in [4.69, 9.17) is 19.9 Å². The van der Waals surface area contributed by atoms with Gasteiger partial charge in [0.05, 0.1) is 6.61 Å². The summed E-state index contributed by atoms with van der Waals surface area (Å²) in [7, 11) is 0. The molecule has 1 atom stereocenters. The first-order valence-electron chi connectivity index (χ1n) is 5.88. The van der Waals surface area contributed by atoms with Crippen LogP contribution in [0.1, 0.15) is 13.8 Å². The lowest BCUT2D eigenvalue weighted by Gasteiger charge is -2.12. The Morgan fingerprint density at radius 1 is 1.21 bits per heavy atom. The predicted molar refractivity (Wildman–Crippen MR) is 67.9 cm³/mol. The maximum absolute atomic E-state index is 11.4. The summed E-state index contributed by atoms with van der Waals surface area (Å²) < 4.78 is 15.4. The van der Waals surface area contributed by atoms with Crippen molar-refractivity contribution in [2.75, 3.05) is 13.2 Å². The lowest BCUT2D eigenvalue weighted by Crippen LogP contribution is -2.32. The van der Waals surface area contributed by atoms with Gasteiger partial charge in [-0.3, -0.25) is 4.79 Å². The van der Waals surface area contributed by atoms with E-state index < -0.39 is 18.0 Å². The van der Waals surface area contributed by atoms with Crippen LogP contribution in [0.5, 0.6) is 11.5 Å². The number of carbonyl (C=O) groups excluding carboxylic acids is 2. The summed E-state index contributed by atoms with van der Waals surface area (Å²) in [5.74, 6) is -0.394. The fraction of sp³-hybridized carbons (Fsp3) is 0.385. The lowest BCUT2D eigenvalue weighted by atomic mass is 10.3. The number of primary amides is 1. The van der Waals surface area contributed by atoms with E-state index in [1.807, 2.05) is 6.92 Å². The number of rotatable bonds is 7. The third-order valence-corrected chi connectivity index (χ3v) is 2.20. The highest BCUT2D eigenvalue weighted by atomic mass is 16.6. The first-order valence-corrected chi connectivity index (χ1v) is 5.88. The molecule has 1 rings (SSSR count). The van der Waals surface area contributed by atoms with Gasteiger partial charge in [-0.25, -0.2) is 4.79 Å². The fourth-order valence-corrected chi connectivity index (χ4v) is 1.27. The molecule has 1 amide bonds. The molecule has 0 aromatic heterocycles. The highest BCUT2D eigenvalue weighted by Crippen LogP contribution is 2.26. The smallest absolute Gasteiger partial charge is 0.344 e. The molecular weight excluding hydrogens is 250 g/mol. The van der Waals surface area contributed by atoms with E-state index in [-0.39, 0.29) is 6.61 Å². The zero-order valence-corrected chi connectivity index (χ0v) is 10.9. The Hall–Kier alpha value is -2.24. The third kappa shape index (κ3) is 4.87. The molecule has 0 saturated carbocycles. The van der Waals surface area contributed by atoms with Crippen LogP contribution in [0.2, 0.25) is 0 Å². The van der Waals surface area contributed by atoms with Crippen molar-refractivity contribution < 1.29 is 23.8 Å². The molecule has 1 aromatic rings. The van der Waals surface area contributed by atoms with Crippen LogP contribution in [0.4, 0.5) is 0 Å². The van der Waals surface area contributed by atoms with Crippen molar-refractivity contribution in [1.29, 1.82) is 0 Å². The van der Waals surface area contributed by atoms with Gasteiger partial charge >= 0.3 is 5.97 Å². The number of amides is 1. The summed E-state index contributed by atoms with van der Waals surface area (Å²) in [6, 6.07) is 6.96. The van der Waals surface area contributed by atoms with Crippen LogP contribution >= 0.6 is 0 Å². The summed E-state index contributed by atoms with van der Waals surface area (Å²) in [6.07, 6.45) is -0.974. The quantitative estimate of drug-likeness (QED) is 0.741. The van der Waals surface area contributed by atoms with E-state index in [9.17, 15) is 9.59 Å². The van der Waals surface area contributed by atoms with Crippen LogP contribution in [0.25, 0.3) is 0 Å². The summed E-state index contributed by atoms with van der Waals surface area (Å²) in [5, 5.41) is 0. The van der Waals surface area contributed by atoms with Gasteiger partial charge in [0, 0.05) is 0 Å². The molecule has 19 heavy (non-hydrogen) atoms. The van der Waals surface area contributed by atoms with E-state index in [1.165, 1.54) is 6.92 Å². The van der Waals surface area contributed by atoms with Gasteiger partial charge in [0.2, 0.25) is 0 Å². The molecule has 0 fully saturated rings. The molecular formula is C13H17NO5. The predicted octanol–water partition coefficient (Wildman–Crippen LogP) is 0.881. The Kier molecular flexibility index (Phi) is 5.66. The second-order valence-corrected chi connectivity index (χ2v) is 3.70. The van der Waals surface area contributed by atoms with Crippen molar-refractivity contribution in [3.05, 3.63) is 24.3 Å². The Morgan fingerprint density at radius 3 is 2.32 bits per heavy atom. The largest absolute Gasteiger partial charge is 0.490 e. The van der Waals surface area contributed by atoms with Crippen LogP contribution in [0.15, 0.2) is 24.3 Å². The number of para-hydroxylation sites is 2. The topological polar surface area (TPSA) is 87.8 Å². The molecule has 0 radical (unpaired) electrons.